The number of hydrogen-bond acceptors (Lipinski definition) is 1. The number of aromatic nitrogens is 3. The van der Waals surface area contributed by atoms with Gasteiger partial charge in [0.1, 0.15) is 0 Å². The summed E-state index contributed by atoms with van der Waals surface area (Å²) in [5.74, 6) is 0. The van der Waals surface area contributed by atoms with Crippen molar-refractivity contribution >= 4 is 86.2 Å². The molecule has 0 bridgehead atoms. The van der Waals surface area contributed by atoms with Crippen LogP contribution in [0.1, 0.15) is 0 Å². The number of fused-ring (bicyclic) bond motifs is 12. The van der Waals surface area contributed by atoms with Gasteiger partial charge in [0.05, 0.1) is 37.8 Å². The fourth-order valence-corrected chi connectivity index (χ4v) is 10.2. The van der Waals surface area contributed by atoms with E-state index in [4.69, 9.17) is 0 Å². The lowest BCUT2D eigenvalue weighted by molar-refractivity contribution is 1.15. The topological polar surface area (TPSA) is 14.8 Å². The van der Waals surface area contributed by atoms with Gasteiger partial charge < -0.3 is 13.7 Å². The van der Waals surface area contributed by atoms with Crippen LogP contribution in [-0.4, -0.2) is 13.7 Å². The van der Waals surface area contributed by atoms with Crippen molar-refractivity contribution in [1.29, 1.82) is 0 Å². The molecular formula is C50H31N3S. The molecule has 0 unspecified atom stereocenters. The Morgan fingerprint density at radius 3 is 1.50 bits per heavy atom. The van der Waals surface area contributed by atoms with E-state index < -0.39 is 0 Å². The SMILES string of the molecule is c1ccc(-n2c3ccc(-c4cc5c6ccccc6n(-c6ccccc6)c5c5c4c4ccccc4n5-c4ccccc4)cc3c3sc4ccccc4c32)cc1. The zero-order valence-electron chi connectivity index (χ0n) is 29.1. The monoisotopic (exact) mass is 705 g/mol. The predicted molar refractivity (Wildman–Crippen MR) is 230 cm³/mol. The van der Waals surface area contributed by atoms with E-state index in [0.717, 1.165) is 11.4 Å². The lowest BCUT2D eigenvalue weighted by Crippen LogP contribution is -1.99. The van der Waals surface area contributed by atoms with Gasteiger partial charge in [0, 0.05) is 54.1 Å². The summed E-state index contributed by atoms with van der Waals surface area (Å²) >= 11 is 1.90. The van der Waals surface area contributed by atoms with Crippen molar-refractivity contribution in [2.24, 2.45) is 0 Å². The second-order valence-corrected chi connectivity index (χ2v) is 15.2. The Morgan fingerprint density at radius 1 is 0.333 bits per heavy atom. The third-order valence-corrected chi connectivity index (χ3v) is 12.4. The molecule has 0 radical (unpaired) electrons. The van der Waals surface area contributed by atoms with Crippen LogP contribution in [0.3, 0.4) is 0 Å². The van der Waals surface area contributed by atoms with Crippen molar-refractivity contribution in [3.8, 4) is 28.2 Å². The molecule has 0 aliphatic carbocycles. The van der Waals surface area contributed by atoms with Gasteiger partial charge >= 0.3 is 0 Å². The standard InChI is InChI=1S/C50H31N3S/c1-4-16-33(17-5-1)51-42-25-13-10-22-36(42)40-31-39(46-37-23-11-14-26-43(37)53(49(46)47(40)51)35-20-8-3-9-21-35)32-28-29-44-41(30-32)50-48(38-24-12-15-27-45(38)54-50)52(44)34-18-6-2-7-19-34/h1-31H. The smallest absolute Gasteiger partial charge is 0.0795 e. The summed E-state index contributed by atoms with van der Waals surface area (Å²) in [5.41, 5.74) is 13.3. The summed E-state index contributed by atoms with van der Waals surface area (Å²) in [6, 6.07) is 68.7. The maximum absolute atomic E-state index is 2.49. The molecule has 12 aromatic rings. The molecule has 0 saturated heterocycles. The molecule has 0 spiro atoms. The highest BCUT2D eigenvalue weighted by Crippen LogP contribution is 2.48. The van der Waals surface area contributed by atoms with Crippen LogP contribution in [0.4, 0.5) is 0 Å². The molecule has 4 aromatic heterocycles. The van der Waals surface area contributed by atoms with Crippen LogP contribution < -0.4 is 0 Å². The molecule has 252 valence electrons. The minimum Gasteiger partial charge on any atom is -0.308 e. The second-order valence-electron chi connectivity index (χ2n) is 14.1. The van der Waals surface area contributed by atoms with Gasteiger partial charge in [-0.1, -0.05) is 115 Å². The van der Waals surface area contributed by atoms with Gasteiger partial charge in [-0.05, 0) is 83.9 Å². The van der Waals surface area contributed by atoms with Gasteiger partial charge in [0.25, 0.3) is 0 Å². The average molecular weight is 706 g/mol. The third kappa shape index (κ3) is 4.06. The quantitative estimate of drug-likeness (QED) is 0.173. The van der Waals surface area contributed by atoms with Crippen molar-refractivity contribution in [3.63, 3.8) is 0 Å². The van der Waals surface area contributed by atoms with Crippen LogP contribution in [0.2, 0.25) is 0 Å². The molecule has 0 N–H and O–H groups in total. The predicted octanol–water partition coefficient (Wildman–Crippen LogP) is 13.9. The minimum absolute atomic E-state index is 1.15. The van der Waals surface area contributed by atoms with Gasteiger partial charge in [-0.25, -0.2) is 0 Å². The van der Waals surface area contributed by atoms with E-state index in [9.17, 15) is 0 Å². The highest BCUT2D eigenvalue weighted by molar-refractivity contribution is 7.26. The largest absolute Gasteiger partial charge is 0.308 e. The third-order valence-electron chi connectivity index (χ3n) is 11.2. The molecular weight excluding hydrogens is 675 g/mol. The Morgan fingerprint density at radius 2 is 0.833 bits per heavy atom. The molecule has 3 nitrogen and oxygen atoms in total. The number of nitrogens with zero attached hydrogens (tertiary/aromatic N) is 3. The van der Waals surface area contributed by atoms with E-state index in [-0.39, 0.29) is 0 Å². The highest BCUT2D eigenvalue weighted by atomic mass is 32.1. The average Bonchev–Trinajstić information content (AvgIpc) is 3.97. The Labute approximate surface area is 314 Å². The Hall–Kier alpha value is -6.88. The second kappa shape index (κ2) is 11.3. The van der Waals surface area contributed by atoms with E-state index in [1.54, 1.807) is 0 Å². The van der Waals surface area contributed by atoms with Crippen molar-refractivity contribution < 1.29 is 0 Å². The molecule has 8 aromatic carbocycles. The molecule has 0 amide bonds. The van der Waals surface area contributed by atoms with Gasteiger partial charge in [-0.2, -0.15) is 0 Å². The first kappa shape index (κ1) is 29.7. The fourth-order valence-electron chi connectivity index (χ4n) is 9.00. The number of rotatable bonds is 4. The first-order valence-electron chi connectivity index (χ1n) is 18.5. The molecule has 0 saturated carbocycles. The number of thiophene rings is 1. The lowest BCUT2D eigenvalue weighted by atomic mass is 9.96. The zero-order valence-corrected chi connectivity index (χ0v) is 30.0. The minimum atomic E-state index is 1.15. The summed E-state index contributed by atoms with van der Waals surface area (Å²) in [6.07, 6.45) is 0. The van der Waals surface area contributed by atoms with Gasteiger partial charge in [0.2, 0.25) is 0 Å². The van der Waals surface area contributed by atoms with Crippen molar-refractivity contribution in [3.05, 3.63) is 188 Å². The summed E-state index contributed by atoms with van der Waals surface area (Å²) in [6.45, 7) is 0. The highest BCUT2D eigenvalue weighted by Gasteiger charge is 2.25. The number of hydrogen-bond donors (Lipinski definition) is 0. The summed E-state index contributed by atoms with van der Waals surface area (Å²) in [5, 5.41) is 7.56. The normalized spacial score (nSPS) is 12.1. The van der Waals surface area contributed by atoms with E-state index in [0.29, 0.717) is 0 Å². The van der Waals surface area contributed by atoms with Crippen LogP contribution in [0.5, 0.6) is 0 Å². The van der Waals surface area contributed by atoms with Gasteiger partial charge in [-0.15, -0.1) is 11.3 Å². The molecule has 0 fully saturated rings. The first-order valence-corrected chi connectivity index (χ1v) is 19.3. The van der Waals surface area contributed by atoms with Gasteiger partial charge in [-0.3, -0.25) is 0 Å². The molecule has 54 heavy (non-hydrogen) atoms. The number of para-hydroxylation sites is 5. The van der Waals surface area contributed by atoms with Crippen molar-refractivity contribution in [2.45, 2.75) is 0 Å². The molecule has 12 rings (SSSR count). The maximum Gasteiger partial charge on any atom is 0.0795 e. The lowest BCUT2D eigenvalue weighted by Gasteiger charge is -2.14. The van der Waals surface area contributed by atoms with Crippen LogP contribution >= 0.6 is 11.3 Å². The summed E-state index contributed by atoms with van der Waals surface area (Å²) in [4.78, 5) is 0. The van der Waals surface area contributed by atoms with Crippen LogP contribution in [0.15, 0.2) is 188 Å². The summed E-state index contributed by atoms with van der Waals surface area (Å²) < 4.78 is 10.0. The van der Waals surface area contributed by atoms with E-state index >= 15 is 0 Å². The fraction of sp³-hybridized carbons (Fsp3) is 0. The van der Waals surface area contributed by atoms with Crippen LogP contribution in [0, 0.1) is 0 Å². The summed E-state index contributed by atoms with van der Waals surface area (Å²) in [7, 11) is 0. The Bertz CT molecular complexity index is 3420. The van der Waals surface area contributed by atoms with Gasteiger partial charge in [0.15, 0.2) is 0 Å². The van der Waals surface area contributed by atoms with Crippen molar-refractivity contribution in [2.75, 3.05) is 0 Å². The molecule has 4 heteroatoms. The zero-order chi connectivity index (χ0) is 35.3. The van der Waals surface area contributed by atoms with E-state index in [1.807, 2.05) is 11.3 Å². The maximum atomic E-state index is 2.49. The molecule has 0 aliphatic heterocycles. The van der Waals surface area contributed by atoms with E-state index in [1.165, 1.54) is 91.6 Å². The number of benzene rings is 8. The van der Waals surface area contributed by atoms with Crippen molar-refractivity contribution in [1.82, 2.24) is 13.7 Å². The van der Waals surface area contributed by atoms with E-state index in [2.05, 4.69) is 202 Å². The van der Waals surface area contributed by atoms with Crippen LogP contribution in [0.25, 0.3) is 103 Å². The Balaban J connectivity index is 1.28. The molecule has 4 heterocycles. The first-order chi connectivity index (χ1) is 26.8. The van der Waals surface area contributed by atoms with Crippen LogP contribution in [-0.2, 0) is 0 Å². The Kier molecular flexibility index (Phi) is 6.21. The molecule has 0 atom stereocenters. The molecule has 0 aliphatic rings.